The van der Waals surface area contributed by atoms with Crippen LogP contribution in [-0.2, 0) is 6.42 Å². The monoisotopic (exact) mass is 262 g/mol. The fraction of sp³-hybridized carbons (Fsp3) is 0.625. The number of nitrogens with one attached hydrogen (secondary N) is 1. The number of benzene rings is 1. The van der Waals surface area contributed by atoms with Gasteiger partial charge in [0.05, 0.1) is 7.11 Å². The van der Waals surface area contributed by atoms with E-state index >= 15 is 0 Å². The van der Waals surface area contributed by atoms with Crippen molar-refractivity contribution in [2.24, 2.45) is 0 Å². The molecule has 3 heteroatoms. The molecule has 0 spiro atoms. The molecule has 0 aliphatic carbocycles. The predicted octanol–water partition coefficient (Wildman–Crippen LogP) is 2.31. The van der Waals surface area contributed by atoms with Crippen molar-refractivity contribution in [1.29, 1.82) is 0 Å². The molecule has 3 nitrogen and oxygen atoms in total. The number of nitrogens with zero attached hydrogens (tertiary/aromatic N) is 1. The summed E-state index contributed by atoms with van der Waals surface area (Å²) in [6.07, 6.45) is 4.82. The molecule has 1 aliphatic rings. The van der Waals surface area contributed by atoms with Gasteiger partial charge in [-0.1, -0.05) is 18.2 Å². The van der Waals surface area contributed by atoms with Crippen molar-refractivity contribution in [2.45, 2.75) is 31.2 Å². The third-order valence-electron chi connectivity index (χ3n) is 4.02. The lowest BCUT2D eigenvalue weighted by Crippen LogP contribution is -2.48. The van der Waals surface area contributed by atoms with Gasteiger partial charge in [0.15, 0.2) is 0 Å². The quantitative estimate of drug-likeness (QED) is 0.851. The zero-order chi connectivity index (χ0) is 13.7. The molecule has 1 N–H and O–H groups in total. The van der Waals surface area contributed by atoms with Crippen molar-refractivity contribution in [3.05, 3.63) is 29.8 Å². The molecular weight excluding hydrogens is 236 g/mol. The van der Waals surface area contributed by atoms with Gasteiger partial charge in [-0.15, -0.1) is 0 Å². The van der Waals surface area contributed by atoms with Crippen LogP contribution in [0.5, 0.6) is 5.75 Å². The topological polar surface area (TPSA) is 24.5 Å². The molecule has 19 heavy (non-hydrogen) atoms. The lowest BCUT2D eigenvalue weighted by atomic mass is 9.89. The standard InChI is InChI=1S/C16H26N2O/c1-18(2)13-16(10-6-12-17-16)11-9-14-7-4-5-8-15(14)19-3/h4-5,7-8,17H,6,9-13H2,1-3H3. The zero-order valence-corrected chi connectivity index (χ0v) is 12.4. The van der Waals surface area contributed by atoms with Gasteiger partial charge in [0.2, 0.25) is 0 Å². The molecule has 0 amide bonds. The van der Waals surface area contributed by atoms with E-state index in [1.807, 2.05) is 6.07 Å². The lowest BCUT2D eigenvalue weighted by Gasteiger charge is -2.33. The highest BCUT2D eigenvalue weighted by atomic mass is 16.5. The van der Waals surface area contributed by atoms with E-state index in [1.54, 1.807) is 7.11 Å². The number of aryl methyl sites for hydroxylation is 1. The van der Waals surface area contributed by atoms with Crippen LogP contribution in [0.25, 0.3) is 0 Å². The van der Waals surface area contributed by atoms with E-state index in [9.17, 15) is 0 Å². The molecule has 0 bridgehead atoms. The first kappa shape index (κ1) is 14.4. The van der Waals surface area contributed by atoms with Crippen molar-refractivity contribution < 1.29 is 4.74 Å². The number of rotatable bonds is 6. The molecule has 1 aromatic rings. The Labute approximate surface area is 116 Å². The summed E-state index contributed by atoms with van der Waals surface area (Å²) in [5, 5.41) is 3.73. The number of ether oxygens (including phenoxy) is 1. The molecule has 1 unspecified atom stereocenters. The molecule has 1 atom stereocenters. The van der Waals surface area contributed by atoms with Crippen LogP contribution in [0.15, 0.2) is 24.3 Å². The second kappa shape index (κ2) is 6.40. The molecule has 1 saturated heterocycles. The van der Waals surface area contributed by atoms with Gasteiger partial charge in [0.1, 0.15) is 5.75 Å². The van der Waals surface area contributed by atoms with E-state index < -0.39 is 0 Å². The van der Waals surface area contributed by atoms with Crippen LogP contribution in [0.1, 0.15) is 24.8 Å². The summed E-state index contributed by atoms with van der Waals surface area (Å²) in [7, 11) is 6.07. The van der Waals surface area contributed by atoms with E-state index in [4.69, 9.17) is 4.74 Å². The zero-order valence-electron chi connectivity index (χ0n) is 12.4. The Kier molecular flexibility index (Phi) is 4.83. The van der Waals surface area contributed by atoms with Crippen LogP contribution >= 0.6 is 0 Å². The molecule has 1 aliphatic heterocycles. The van der Waals surface area contributed by atoms with Gasteiger partial charge in [-0.25, -0.2) is 0 Å². The predicted molar refractivity (Wildman–Crippen MR) is 79.8 cm³/mol. The third-order valence-corrected chi connectivity index (χ3v) is 4.02. The molecule has 2 rings (SSSR count). The van der Waals surface area contributed by atoms with Crippen LogP contribution in [0.4, 0.5) is 0 Å². The molecular formula is C16H26N2O. The first-order chi connectivity index (χ1) is 9.15. The van der Waals surface area contributed by atoms with Gasteiger partial charge in [0.25, 0.3) is 0 Å². The Morgan fingerprint density at radius 1 is 1.32 bits per heavy atom. The van der Waals surface area contributed by atoms with Crippen LogP contribution in [0.3, 0.4) is 0 Å². The van der Waals surface area contributed by atoms with Crippen LogP contribution in [0, 0.1) is 0 Å². The molecule has 1 heterocycles. The van der Waals surface area contributed by atoms with Gasteiger partial charge >= 0.3 is 0 Å². The van der Waals surface area contributed by atoms with E-state index in [1.165, 1.54) is 24.8 Å². The Hall–Kier alpha value is -1.06. The number of para-hydroxylation sites is 1. The molecule has 0 radical (unpaired) electrons. The van der Waals surface area contributed by atoms with E-state index in [2.05, 4.69) is 42.5 Å². The second-order valence-corrected chi connectivity index (χ2v) is 5.86. The van der Waals surface area contributed by atoms with Crippen molar-refractivity contribution >= 4 is 0 Å². The normalized spacial score (nSPS) is 22.9. The first-order valence-corrected chi connectivity index (χ1v) is 7.17. The first-order valence-electron chi connectivity index (χ1n) is 7.17. The Bertz CT molecular complexity index is 397. The molecule has 0 aromatic heterocycles. The molecule has 0 saturated carbocycles. The summed E-state index contributed by atoms with van der Waals surface area (Å²) >= 11 is 0. The Morgan fingerprint density at radius 3 is 2.74 bits per heavy atom. The third kappa shape index (κ3) is 3.71. The van der Waals surface area contributed by atoms with Crippen LogP contribution < -0.4 is 10.1 Å². The van der Waals surface area contributed by atoms with Crippen molar-refractivity contribution in [3.63, 3.8) is 0 Å². The maximum atomic E-state index is 5.44. The highest BCUT2D eigenvalue weighted by Gasteiger charge is 2.33. The molecule has 106 valence electrons. The fourth-order valence-corrected chi connectivity index (χ4v) is 3.18. The van der Waals surface area contributed by atoms with Crippen molar-refractivity contribution in [1.82, 2.24) is 10.2 Å². The number of hydrogen-bond acceptors (Lipinski definition) is 3. The van der Waals surface area contributed by atoms with Crippen molar-refractivity contribution in [3.8, 4) is 5.75 Å². The van der Waals surface area contributed by atoms with Crippen LogP contribution in [0.2, 0.25) is 0 Å². The van der Waals surface area contributed by atoms with E-state index in [0.29, 0.717) is 0 Å². The number of hydrogen-bond donors (Lipinski definition) is 1. The average Bonchev–Trinajstić information content (AvgIpc) is 2.85. The van der Waals surface area contributed by atoms with Gasteiger partial charge < -0.3 is 15.0 Å². The smallest absolute Gasteiger partial charge is 0.122 e. The summed E-state index contributed by atoms with van der Waals surface area (Å²) in [5.74, 6) is 1.01. The van der Waals surface area contributed by atoms with Gasteiger partial charge in [-0.3, -0.25) is 0 Å². The highest BCUT2D eigenvalue weighted by Crippen LogP contribution is 2.28. The average molecular weight is 262 g/mol. The highest BCUT2D eigenvalue weighted by molar-refractivity contribution is 5.33. The maximum Gasteiger partial charge on any atom is 0.122 e. The molecule has 1 aromatic carbocycles. The largest absolute Gasteiger partial charge is 0.496 e. The van der Waals surface area contributed by atoms with E-state index in [0.717, 1.165) is 25.3 Å². The Balaban J connectivity index is 2.02. The second-order valence-electron chi connectivity index (χ2n) is 5.86. The minimum atomic E-state index is 0.282. The van der Waals surface area contributed by atoms with Gasteiger partial charge in [0, 0.05) is 12.1 Å². The Morgan fingerprint density at radius 2 is 2.11 bits per heavy atom. The van der Waals surface area contributed by atoms with Crippen molar-refractivity contribution in [2.75, 3.05) is 34.3 Å². The number of likely N-dealkylation sites (N-methyl/N-ethyl adjacent to an activating group) is 1. The van der Waals surface area contributed by atoms with E-state index in [-0.39, 0.29) is 5.54 Å². The fourth-order valence-electron chi connectivity index (χ4n) is 3.18. The summed E-state index contributed by atoms with van der Waals surface area (Å²) in [4.78, 5) is 2.29. The van der Waals surface area contributed by atoms with Gasteiger partial charge in [-0.2, -0.15) is 0 Å². The summed E-state index contributed by atoms with van der Waals surface area (Å²) < 4.78 is 5.44. The van der Waals surface area contributed by atoms with Crippen LogP contribution in [-0.4, -0.2) is 44.7 Å². The minimum absolute atomic E-state index is 0.282. The molecule has 1 fully saturated rings. The SMILES string of the molecule is COc1ccccc1CCC1(CN(C)C)CCCN1. The summed E-state index contributed by atoms with van der Waals surface area (Å²) in [5.41, 5.74) is 1.60. The number of methoxy groups -OCH3 is 1. The summed E-state index contributed by atoms with van der Waals surface area (Å²) in [6, 6.07) is 8.36. The maximum absolute atomic E-state index is 5.44. The summed E-state index contributed by atoms with van der Waals surface area (Å²) in [6.45, 7) is 2.27. The van der Waals surface area contributed by atoms with Gasteiger partial charge in [-0.05, 0) is 58.0 Å². The lowest BCUT2D eigenvalue weighted by molar-refractivity contribution is 0.242. The minimum Gasteiger partial charge on any atom is -0.496 e.